The molecule has 0 bridgehead atoms. The van der Waals surface area contributed by atoms with Crippen LogP contribution in [0.3, 0.4) is 0 Å². The van der Waals surface area contributed by atoms with Crippen molar-refractivity contribution < 1.29 is 18.8 Å². The van der Waals surface area contributed by atoms with Gasteiger partial charge in [0.05, 0.1) is 5.52 Å². The summed E-state index contributed by atoms with van der Waals surface area (Å²) < 4.78 is 6.47. The number of nitrogens with zero attached hydrogens (tertiary/aromatic N) is 2. The van der Waals surface area contributed by atoms with Crippen LogP contribution in [0.5, 0.6) is 0 Å². The number of carbonyl (C=O) groups excluding carboxylic acids is 3. The maximum Gasteiger partial charge on any atom is 0.419 e. The van der Waals surface area contributed by atoms with E-state index in [1.54, 1.807) is 24.3 Å². The second-order valence-corrected chi connectivity index (χ2v) is 6.99. The lowest BCUT2D eigenvalue weighted by Gasteiger charge is -2.30. The van der Waals surface area contributed by atoms with Gasteiger partial charge in [0.1, 0.15) is 5.54 Å². The number of hydrogen-bond donors (Lipinski definition) is 2. The first kappa shape index (κ1) is 17.3. The quantitative estimate of drug-likeness (QED) is 0.785. The Morgan fingerprint density at radius 2 is 1.89 bits per heavy atom. The number of hydrazine groups is 1. The van der Waals surface area contributed by atoms with Gasteiger partial charge in [-0.25, -0.2) is 9.59 Å². The molecule has 2 aromatic rings. The van der Waals surface area contributed by atoms with Crippen molar-refractivity contribution in [2.45, 2.75) is 50.6 Å². The number of benzene rings is 1. The number of aryl methyl sites for hydroxylation is 1. The normalized spacial score (nSPS) is 18.9. The summed E-state index contributed by atoms with van der Waals surface area (Å²) in [5, 5.41) is 3.50. The van der Waals surface area contributed by atoms with Gasteiger partial charge in [0, 0.05) is 13.0 Å². The fourth-order valence-corrected chi connectivity index (χ4v) is 3.84. The smallest absolute Gasteiger partial charge is 0.408 e. The fourth-order valence-electron chi connectivity index (χ4n) is 3.84. The number of hydrogen-bond acceptors (Lipinski definition) is 5. The van der Waals surface area contributed by atoms with Crippen LogP contribution in [0.25, 0.3) is 11.1 Å². The van der Waals surface area contributed by atoms with E-state index in [0.29, 0.717) is 23.9 Å². The molecule has 0 unspecified atom stereocenters. The van der Waals surface area contributed by atoms with Crippen LogP contribution in [0.15, 0.2) is 33.5 Å². The second kappa shape index (κ2) is 6.57. The van der Waals surface area contributed by atoms with E-state index < -0.39 is 29.1 Å². The highest BCUT2D eigenvalue weighted by Crippen LogP contribution is 2.32. The summed E-state index contributed by atoms with van der Waals surface area (Å²) in [6.45, 7) is 0.0798. The van der Waals surface area contributed by atoms with Crippen molar-refractivity contribution in [2.24, 2.45) is 0 Å². The number of carbonyl (C=O) groups is 3. The topological polar surface area (TPSA) is 114 Å². The zero-order chi connectivity index (χ0) is 19.0. The number of aromatic nitrogens is 1. The lowest BCUT2D eigenvalue weighted by molar-refractivity contribution is -0.140. The highest BCUT2D eigenvalue weighted by atomic mass is 16.4. The molecule has 2 heterocycles. The zero-order valence-corrected chi connectivity index (χ0v) is 14.7. The molecule has 1 aromatic carbocycles. The fraction of sp³-hybridized carbons (Fsp3) is 0.444. The largest absolute Gasteiger partial charge is 0.419 e. The first-order valence-corrected chi connectivity index (χ1v) is 9.05. The summed E-state index contributed by atoms with van der Waals surface area (Å²) in [7, 11) is 0. The SMILES string of the molecule is O=C(CCn1c(=O)oc2ccccc21)NN1C(=O)NC2(CCCCC2)C1=O. The summed E-state index contributed by atoms with van der Waals surface area (Å²) in [6.07, 6.45) is 3.85. The summed E-state index contributed by atoms with van der Waals surface area (Å²) in [5.74, 6) is -1.49. The molecule has 0 radical (unpaired) electrons. The summed E-state index contributed by atoms with van der Waals surface area (Å²) in [6, 6.07) is 6.30. The molecular formula is C18H20N4O5. The third-order valence-electron chi connectivity index (χ3n) is 5.24. The molecule has 4 amide bonds. The molecule has 1 saturated heterocycles. The monoisotopic (exact) mass is 372 g/mol. The Hall–Kier alpha value is -3.10. The third-order valence-corrected chi connectivity index (χ3v) is 5.24. The van der Waals surface area contributed by atoms with Crippen LogP contribution in [0.1, 0.15) is 38.5 Å². The molecule has 0 atom stereocenters. The predicted molar refractivity (Wildman–Crippen MR) is 94.4 cm³/mol. The number of rotatable bonds is 4. The maximum atomic E-state index is 12.6. The van der Waals surface area contributed by atoms with Crippen molar-refractivity contribution in [3.8, 4) is 0 Å². The molecule has 27 heavy (non-hydrogen) atoms. The van der Waals surface area contributed by atoms with Gasteiger partial charge >= 0.3 is 11.8 Å². The van der Waals surface area contributed by atoms with Crippen LogP contribution in [0.4, 0.5) is 4.79 Å². The minimum atomic E-state index is -0.889. The van der Waals surface area contributed by atoms with Gasteiger partial charge < -0.3 is 9.73 Å². The van der Waals surface area contributed by atoms with Crippen LogP contribution in [-0.2, 0) is 16.1 Å². The van der Waals surface area contributed by atoms with Crippen molar-refractivity contribution >= 4 is 28.9 Å². The van der Waals surface area contributed by atoms with E-state index in [0.717, 1.165) is 24.3 Å². The van der Waals surface area contributed by atoms with Crippen LogP contribution in [-0.4, -0.2) is 33.0 Å². The van der Waals surface area contributed by atoms with E-state index >= 15 is 0 Å². The number of oxazole rings is 1. The summed E-state index contributed by atoms with van der Waals surface area (Å²) in [5.41, 5.74) is 2.51. The maximum absolute atomic E-state index is 12.6. The molecule has 2 N–H and O–H groups in total. The summed E-state index contributed by atoms with van der Waals surface area (Å²) >= 11 is 0. The Balaban J connectivity index is 1.42. The molecule has 142 valence electrons. The van der Waals surface area contributed by atoms with E-state index in [-0.39, 0.29) is 13.0 Å². The molecule has 4 rings (SSSR count). The van der Waals surface area contributed by atoms with Crippen molar-refractivity contribution in [1.82, 2.24) is 20.3 Å². The van der Waals surface area contributed by atoms with Gasteiger partial charge in [0.25, 0.3) is 5.91 Å². The van der Waals surface area contributed by atoms with E-state index in [1.807, 2.05) is 0 Å². The number of nitrogens with one attached hydrogen (secondary N) is 2. The standard InChI is InChI=1S/C18H20N4O5/c23-14(8-11-21-12-6-2-3-7-13(12)27-17(21)26)20-22-15(24)18(19-16(22)25)9-4-1-5-10-18/h2-3,6-7H,1,4-5,8-11H2,(H,19,25)(H,20,23). The van der Waals surface area contributed by atoms with E-state index in [9.17, 15) is 19.2 Å². The average molecular weight is 372 g/mol. The lowest BCUT2D eigenvalue weighted by Crippen LogP contribution is -2.51. The van der Waals surface area contributed by atoms with Gasteiger partial charge in [-0.05, 0) is 25.0 Å². The van der Waals surface area contributed by atoms with Crippen molar-refractivity contribution in [1.29, 1.82) is 0 Å². The molecular weight excluding hydrogens is 352 g/mol. The molecule has 1 aliphatic carbocycles. The predicted octanol–water partition coefficient (Wildman–Crippen LogP) is 1.27. The van der Waals surface area contributed by atoms with E-state index in [1.165, 1.54) is 4.57 Å². The third kappa shape index (κ3) is 2.98. The van der Waals surface area contributed by atoms with Crippen LogP contribution < -0.4 is 16.5 Å². The van der Waals surface area contributed by atoms with Crippen molar-refractivity contribution in [2.75, 3.05) is 0 Å². The molecule has 2 fully saturated rings. The Kier molecular flexibility index (Phi) is 4.21. The lowest BCUT2D eigenvalue weighted by atomic mass is 9.82. The minimum Gasteiger partial charge on any atom is -0.408 e. The van der Waals surface area contributed by atoms with Crippen molar-refractivity contribution in [3.63, 3.8) is 0 Å². The van der Waals surface area contributed by atoms with E-state index in [4.69, 9.17) is 4.42 Å². The van der Waals surface area contributed by atoms with Gasteiger partial charge in [0.2, 0.25) is 5.91 Å². The Bertz CT molecular complexity index is 970. The van der Waals surface area contributed by atoms with Gasteiger partial charge in [-0.2, -0.15) is 5.01 Å². The molecule has 1 aromatic heterocycles. The van der Waals surface area contributed by atoms with Crippen LogP contribution >= 0.6 is 0 Å². The molecule has 2 aliphatic rings. The van der Waals surface area contributed by atoms with Gasteiger partial charge in [-0.3, -0.25) is 19.6 Å². The number of amides is 4. The number of para-hydroxylation sites is 2. The molecule has 1 aliphatic heterocycles. The first-order valence-electron chi connectivity index (χ1n) is 9.05. The molecule has 9 heteroatoms. The first-order chi connectivity index (χ1) is 13.0. The number of imide groups is 1. The highest BCUT2D eigenvalue weighted by Gasteiger charge is 2.52. The van der Waals surface area contributed by atoms with Crippen LogP contribution in [0, 0.1) is 0 Å². The second-order valence-electron chi connectivity index (χ2n) is 6.99. The zero-order valence-electron chi connectivity index (χ0n) is 14.7. The van der Waals surface area contributed by atoms with Crippen LogP contribution in [0.2, 0.25) is 0 Å². The van der Waals surface area contributed by atoms with Gasteiger partial charge in [-0.15, -0.1) is 0 Å². The van der Waals surface area contributed by atoms with Crippen molar-refractivity contribution in [3.05, 3.63) is 34.8 Å². The number of fused-ring (bicyclic) bond motifs is 1. The Morgan fingerprint density at radius 1 is 1.15 bits per heavy atom. The number of urea groups is 1. The van der Waals surface area contributed by atoms with Gasteiger partial charge in [-0.1, -0.05) is 31.4 Å². The average Bonchev–Trinajstić information content (AvgIpc) is 3.09. The summed E-state index contributed by atoms with van der Waals surface area (Å²) in [4.78, 5) is 49.0. The minimum absolute atomic E-state index is 0.0759. The van der Waals surface area contributed by atoms with E-state index in [2.05, 4.69) is 10.7 Å². The Labute approximate surface area is 154 Å². The molecule has 1 spiro atoms. The van der Waals surface area contributed by atoms with Gasteiger partial charge in [0.15, 0.2) is 5.58 Å². The Morgan fingerprint density at radius 3 is 2.67 bits per heavy atom. The molecule has 1 saturated carbocycles. The molecule has 9 nitrogen and oxygen atoms in total. The highest BCUT2D eigenvalue weighted by molar-refractivity contribution is 6.08.